The molecule has 24 heavy (non-hydrogen) atoms. The molecule has 0 saturated heterocycles. The van der Waals surface area contributed by atoms with Gasteiger partial charge in [0, 0.05) is 24.2 Å². The van der Waals surface area contributed by atoms with Crippen molar-refractivity contribution in [3.63, 3.8) is 0 Å². The van der Waals surface area contributed by atoms with E-state index < -0.39 is 5.41 Å². The molecule has 2 amide bonds. The van der Waals surface area contributed by atoms with Gasteiger partial charge in [0.2, 0.25) is 11.8 Å². The van der Waals surface area contributed by atoms with E-state index in [0.29, 0.717) is 19.5 Å². The Bertz CT molecular complexity index is 554. The SMILES string of the molecule is NC(=O)C1(C[CH]C(=O)NCCNc2ccc(F)cc2)CCCCC1. The lowest BCUT2D eigenvalue weighted by Crippen LogP contribution is -2.40. The van der Waals surface area contributed by atoms with Gasteiger partial charge in [-0.25, -0.2) is 4.39 Å². The zero-order chi connectivity index (χ0) is 17.4. The van der Waals surface area contributed by atoms with Gasteiger partial charge in [0.15, 0.2) is 0 Å². The Morgan fingerprint density at radius 3 is 2.42 bits per heavy atom. The van der Waals surface area contributed by atoms with Gasteiger partial charge in [-0.1, -0.05) is 19.3 Å². The van der Waals surface area contributed by atoms with E-state index in [2.05, 4.69) is 10.6 Å². The first-order valence-electron chi connectivity index (χ1n) is 8.42. The van der Waals surface area contributed by atoms with Crippen LogP contribution in [0.2, 0.25) is 0 Å². The topological polar surface area (TPSA) is 84.2 Å². The number of rotatable bonds is 8. The number of amides is 2. The predicted molar refractivity (Wildman–Crippen MR) is 91.5 cm³/mol. The molecule has 0 aromatic heterocycles. The normalized spacial score (nSPS) is 16.4. The highest BCUT2D eigenvalue weighted by atomic mass is 19.1. The number of nitrogens with two attached hydrogens (primary N) is 1. The lowest BCUT2D eigenvalue weighted by atomic mass is 9.70. The molecule has 1 fully saturated rings. The monoisotopic (exact) mass is 334 g/mol. The van der Waals surface area contributed by atoms with Crippen LogP contribution in [-0.4, -0.2) is 24.9 Å². The molecule has 2 rings (SSSR count). The molecule has 1 aliphatic rings. The highest BCUT2D eigenvalue weighted by Crippen LogP contribution is 2.39. The zero-order valence-electron chi connectivity index (χ0n) is 13.8. The van der Waals surface area contributed by atoms with Crippen molar-refractivity contribution in [3.8, 4) is 0 Å². The van der Waals surface area contributed by atoms with E-state index in [0.717, 1.165) is 37.8 Å². The van der Waals surface area contributed by atoms with E-state index in [-0.39, 0.29) is 17.6 Å². The predicted octanol–water partition coefficient (Wildman–Crippen LogP) is 2.38. The van der Waals surface area contributed by atoms with E-state index in [9.17, 15) is 14.0 Å². The third kappa shape index (κ3) is 5.22. The van der Waals surface area contributed by atoms with Crippen molar-refractivity contribution >= 4 is 17.5 Å². The average Bonchev–Trinajstić information content (AvgIpc) is 2.59. The lowest BCUT2D eigenvalue weighted by molar-refractivity contribution is -0.129. The molecule has 1 aliphatic carbocycles. The third-order valence-electron chi connectivity index (χ3n) is 4.61. The molecule has 0 unspecified atom stereocenters. The molecule has 0 heterocycles. The Morgan fingerprint density at radius 1 is 1.12 bits per heavy atom. The number of carbonyl (C=O) groups is 2. The van der Waals surface area contributed by atoms with Crippen molar-refractivity contribution < 1.29 is 14.0 Å². The summed E-state index contributed by atoms with van der Waals surface area (Å²) in [4.78, 5) is 23.7. The summed E-state index contributed by atoms with van der Waals surface area (Å²) in [5, 5.41) is 5.87. The lowest BCUT2D eigenvalue weighted by Gasteiger charge is -2.34. The highest BCUT2D eigenvalue weighted by molar-refractivity contribution is 5.87. The maximum Gasteiger partial charge on any atom is 0.224 e. The average molecular weight is 334 g/mol. The van der Waals surface area contributed by atoms with Crippen LogP contribution < -0.4 is 16.4 Å². The number of hydrogen-bond acceptors (Lipinski definition) is 3. The van der Waals surface area contributed by atoms with Gasteiger partial charge >= 0.3 is 0 Å². The smallest absolute Gasteiger partial charge is 0.224 e. The van der Waals surface area contributed by atoms with Crippen LogP contribution in [0.3, 0.4) is 0 Å². The van der Waals surface area contributed by atoms with Crippen LogP contribution in [0, 0.1) is 17.7 Å². The molecule has 1 aromatic rings. The van der Waals surface area contributed by atoms with Gasteiger partial charge in [-0.05, 0) is 43.5 Å². The zero-order valence-corrected chi connectivity index (χ0v) is 13.8. The minimum Gasteiger partial charge on any atom is -0.383 e. The number of nitrogens with one attached hydrogen (secondary N) is 2. The summed E-state index contributed by atoms with van der Waals surface area (Å²) in [6, 6.07) is 6.04. The maximum absolute atomic E-state index is 12.8. The fourth-order valence-corrected chi connectivity index (χ4v) is 3.10. The minimum atomic E-state index is -0.554. The van der Waals surface area contributed by atoms with E-state index >= 15 is 0 Å². The molecule has 5 nitrogen and oxygen atoms in total. The fraction of sp³-hybridized carbons (Fsp3) is 0.500. The van der Waals surface area contributed by atoms with Gasteiger partial charge in [-0.15, -0.1) is 0 Å². The van der Waals surface area contributed by atoms with E-state index in [1.165, 1.54) is 18.6 Å². The molecular formula is C18H25FN3O2. The number of benzene rings is 1. The van der Waals surface area contributed by atoms with Crippen LogP contribution in [0.1, 0.15) is 38.5 Å². The van der Waals surface area contributed by atoms with Crippen LogP contribution >= 0.6 is 0 Å². The molecule has 0 aliphatic heterocycles. The van der Waals surface area contributed by atoms with Crippen LogP contribution in [0.25, 0.3) is 0 Å². The summed E-state index contributed by atoms with van der Waals surface area (Å²) in [5.41, 5.74) is 5.80. The van der Waals surface area contributed by atoms with Gasteiger partial charge in [0.1, 0.15) is 5.82 Å². The third-order valence-corrected chi connectivity index (χ3v) is 4.61. The van der Waals surface area contributed by atoms with Crippen LogP contribution in [-0.2, 0) is 9.59 Å². The van der Waals surface area contributed by atoms with Crippen molar-refractivity contribution in [3.05, 3.63) is 36.5 Å². The van der Waals surface area contributed by atoms with Gasteiger partial charge in [-0.3, -0.25) is 9.59 Å². The van der Waals surface area contributed by atoms with Gasteiger partial charge < -0.3 is 16.4 Å². The van der Waals surface area contributed by atoms with Crippen LogP contribution in [0.5, 0.6) is 0 Å². The molecule has 1 aromatic carbocycles. The number of hydrogen-bond donors (Lipinski definition) is 3. The van der Waals surface area contributed by atoms with E-state index in [4.69, 9.17) is 5.73 Å². The number of primary amides is 1. The second kappa shape index (κ2) is 8.66. The highest BCUT2D eigenvalue weighted by Gasteiger charge is 2.37. The van der Waals surface area contributed by atoms with Gasteiger partial charge in [-0.2, -0.15) is 0 Å². The number of anilines is 1. The van der Waals surface area contributed by atoms with Crippen molar-refractivity contribution in [2.75, 3.05) is 18.4 Å². The minimum absolute atomic E-state index is 0.192. The summed E-state index contributed by atoms with van der Waals surface area (Å²) in [7, 11) is 0. The molecule has 131 valence electrons. The van der Waals surface area contributed by atoms with E-state index in [1.54, 1.807) is 12.1 Å². The Hall–Kier alpha value is -2.11. The standard InChI is InChI=1S/C18H25FN3O2/c19-14-4-6-15(7-5-14)21-12-13-22-16(23)8-11-18(17(20)24)9-2-1-3-10-18/h4-8,21H,1-3,9-13H2,(H2,20,24)(H,22,23). The van der Waals surface area contributed by atoms with Crippen molar-refractivity contribution in [2.45, 2.75) is 38.5 Å². The summed E-state index contributed by atoms with van der Waals surface area (Å²) >= 11 is 0. The molecular weight excluding hydrogens is 309 g/mol. The first-order chi connectivity index (χ1) is 11.5. The summed E-state index contributed by atoms with van der Waals surface area (Å²) in [6.07, 6.45) is 6.56. The second-order valence-corrected chi connectivity index (χ2v) is 6.34. The largest absolute Gasteiger partial charge is 0.383 e. The molecule has 4 N–H and O–H groups in total. The molecule has 1 saturated carbocycles. The van der Waals surface area contributed by atoms with E-state index in [1.807, 2.05) is 0 Å². The first kappa shape index (κ1) is 18.2. The Morgan fingerprint density at radius 2 is 1.79 bits per heavy atom. The summed E-state index contributed by atoms with van der Waals surface area (Å²) in [5.74, 6) is -0.777. The Balaban J connectivity index is 1.67. The van der Waals surface area contributed by atoms with Gasteiger partial charge in [0.05, 0.1) is 6.42 Å². The second-order valence-electron chi connectivity index (χ2n) is 6.34. The number of halogens is 1. The maximum atomic E-state index is 12.8. The number of carbonyl (C=O) groups excluding carboxylic acids is 2. The van der Waals surface area contributed by atoms with Crippen LogP contribution in [0.15, 0.2) is 24.3 Å². The molecule has 0 bridgehead atoms. The van der Waals surface area contributed by atoms with Crippen molar-refractivity contribution in [1.29, 1.82) is 0 Å². The summed E-state index contributed by atoms with van der Waals surface area (Å²) in [6.45, 7) is 0.975. The molecule has 1 radical (unpaired) electrons. The van der Waals surface area contributed by atoms with Gasteiger partial charge in [0.25, 0.3) is 0 Å². The Labute approximate surface area is 142 Å². The first-order valence-corrected chi connectivity index (χ1v) is 8.42. The van der Waals surface area contributed by atoms with Crippen LogP contribution in [0.4, 0.5) is 10.1 Å². The molecule has 0 atom stereocenters. The van der Waals surface area contributed by atoms with Crippen molar-refractivity contribution in [1.82, 2.24) is 5.32 Å². The van der Waals surface area contributed by atoms with Crippen molar-refractivity contribution in [2.24, 2.45) is 11.1 Å². The molecule has 0 spiro atoms. The fourth-order valence-electron chi connectivity index (χ4n) is 3.10. The Kier molecular flexibility index (Phi) is 6.58. The summed E-state index contributed by atoms with van der Waals surface area (Å²) < 4.78 is 12.8. The quantitative estimate of drug-likeness (QED) is 0.638. The molecule has 6 heteroatoms.